The van der Waals surface area contributed by atoms with Crippen LogP contribution in [0.3, 0.4) is 0 Å². The van der Waals surface area contributed by atoms with E-state index in [4.69, 9.17) is 0 Å². The van der Waals surface area contributed by atoms with Gasteiger partial charge in [0.1, 0.15) is 6.54 Å². The third-order valence-electron chi connectivity index (χ3n) is 3.92. The molecule has 0 saturated carbocycles. The fourth-order valence-electron chi connectivity index (χ4n) is 2.68. The molecule has 0 aliphatic carbocycles. The first-order valence-electron chi connectivity index (χ1n) is 8.39. The number of hydrogen-bond donors (Lipinski definition) is 1. The molecule has 1 aromatic carbocycles. The van der Waals surface area contributed by atoms with Crippen molar-refractivity contribution in [3.05, 3.63) is 34.6 Å². The fourth-order valence-corrected chi connectivity index (χ4v) is 3.45. The first kappa shape index (κ1) is 18.9. The average Bonchev–Trinajstić information content (AvgIpc) is 3.11. The highest BCUT2D eigenvalue weighted by atomic mass is 32.2. The zero-order valence-electron chi connectivity index (χ0n) is 15.0. The number of ether oxygens (including phenoxy) is 1. The van der Waals surface area contributed by atoms with E-state index in [2.05, 4.69) is 20.3 Å². The molecular formula is C17H19N5O4S. The number of thioether (sulfide) groups is 1. The van der Waals surface area contributed by atoms with Crippen molar-refractivity contribution in [2.75, 3.05) is 19.4 Å². The minimum atomic E-state index is -0.518. The minimum Gasteiger partial charge on any atom is -0.468 e. The van der Waals surface area contributed by atoms with Crippen LogP contribution >= 0.6 is 11.8 Å². The molecule has 27 heavy (non-hydrogen) atoms. The van der Waals surface area contributed by atoms with Crippen molar-refractivity contribution >= 4 is 40.3 Å². The minimum absolute atomic E-state index is 0.0546. The highest BCUT2D eigenvalue weighted by Gasteiger charge is 2.17. The number of nitrogens with one attached hydrogen (secondary N) is 1. The molecule has 0 aliphatic rings. The molecule has 0 saturated heterocycles. The standard InChI is InChI=1S/C17H19N5O4S/c1-3-8-21-15(25)11-6-4-5-7-12(11)22-16(21)19-20-17(22)27-10-13(23)18-9-14(24)26-2/h4-7H,3,8-10H2,1-2H3,(H,18,23). The largest absolute Gasteiger partial charge is 0.468 e. The van der Waals surface area contributed by atoms with Crippen LogP contribution in [-0.2, 0) is 20.9 Å². The zero-order valence-corrected chi connectivity index (χ0v) is 15.8. The van der Waals surface area contributed by atoms with Gasteiger partial charge in [0, 0.05) is 6.54 Å². The number of aryl methyl sites for hydroxylation is 1. The van der Waals surface area contributed by atoms with E-state index in [0.29, 0.717) is 28.4 Å². The second-order valence-corrected chi connectivity index (χ2v) is 6.68. The van der Waals surface area contributed by atoms with Crippen molar-refractivity contribution in [1.82, 2.24) is 24.5 Å². The molecule has 10 heteroatoms. The van der Waals surface area contributed by atoms with Crippen LogP contribution < -0.4 is 10.9 Å². The number of nitrogens with zero attached hydrogens (tertiary/aromatic N) is 4. The fraction of sp³-hybridized carbons (Fsp3) is 0.353. The number of methoxy groups -OCH3 is 1. The third-order valence-corrected chi connectivity index (χ3v) is 4.84. The molecule has 0 aliphatic heterocycles. The molecule has 0 atom stereocenters. The van der Waals surface area contributed by atoms with Gasteiger partial charge in [-0.25, -0.2) is 0 Å². The van der Waals surface area contributed by atoms with Crippen LogP contribution in [0.15, 0.2) is 34.2 Å². The number of esters is 1. The number of carbonyl (C=O) groups excluding carboxylic acids is 2. The molecule has 0 bridgehead atoms. The number of carbonyl (C=O) groups is 2. The van der Waals surface area contributed by atoms with E-state index >= 15 is 0 Å². The molecule has 2 heterocycles. The Balaban J connectivity index is 1.94. The Hall–Kier alpha value is -2.88. The SMILES string of the molecule is CCCn1c(=O)c2ccccc2n2c(SCC(=O)NCC(=O)OC)nnc12. The maximum Gasteiger partial charge on any atom is 0.325 e. The Labute approximate surface area is 158 Å². The zero-order chi connectivity index (χ0) is 19.4. The van der Waals surface area contributed by atoms with Crippen molar-refractivity contribution in [2.24, 2.45) is 0 Å². The lowest BCUT2D eigenvalue weighted by Gasteiger charge is -2.10. The molecule has 9 nitrogen and oxygen atoms in total. The normalized spacial score (nSPS) is 11.0. The van der Waals surface area contributed by atoms with Gasteiger partial charge < -0.3 is 10.1 Å². The number of rotatable bonds is 7. The smallest absolute Gasteiger partial charge is 0.325 e. The van der Waals surface area contributed by atoms with Gasteiger partial charge in [-0.05, 0) is 18.6 Å². The number of fused-ring (bicyclic) bond motifs is 3. The summed E-state index contributed by atoms with van der Waals surface area (Å²) >= 11 is 1.18. The van der Waals surface area contributed by atoms with Crippen LogP contribution in [0.4, 0.5) is 0 Å². The Bertz CT molecular complexity index is 1060. The number of benzene rings is 1. The summed E-state index contributed by atoms with van der Waals surface area (Å²) in [5, 5.41) is 11.9. The molecule has 142 valence electrons. The molecule has 0 fully saturated rings. The molecular weight excluding hydrogens is 370 g/mol. The Morgan fingerprint density at radius 2 is 2.04 bits per heavy atom. The van der Waals surface area contributed by atoms with E-state index in [1.54, 1.807) is 15.0 Å². The van der Waals surface area contributed by atoms with Crippen molar-refractivity contribution < 1.29 is 14.3 Å². The Kier molecular flexibility index (Phi) is 5.75. The summed E-state index contributed by atoms with van der Waals surface area (Å²) in [5.41, 5.74) is 0.576. The number of aromatic nitrogens is 4. The molecule has 1 N–H and O–H groups in total. The molecule has 0 radical (unpaired) electrons. The summed E-state index contributed by atoms with van der Waals surface area (Å²) in [4.78, 5) is 35.8. The highest BCUT2D eigenvalue weighted by molar-refractivity contribution is 7.99. The topological polar surface area (TPSA) is 108 Å². The van der Waals surface area contributed by atoms with Gasteiger partial charge in [-0.3, -0.25) is 23.4 Å². The summed E-state index contributed by atoms with van der Waals surface area (Å²) in [7, 11) is 1.26. The van der Waals surface area contributed by atoms with E-state index in [-0.39, 0.29) is 23.8 Å². The third kappa shape index (κ3) is 3.80. The van der Waals surface area contributed by atoms with Crippen LogP contribution in [-0.4, -0.2) is 50.4 Å². The highest BCUT2D eigenvalue weighted by Crippen LogP contribution is 2.21. The molecule has 1 amide bonds. The van der Waals surface area contributed by atoms with E-state index < -0.39 is 5.97 Å². The predicted octanol–water partition coefficient (Wildman–Crippen LogP) is 0.835. The van der Waals surface area contributed by atoms with Crippen molar-refractivity contribution in [3.8, 4) is 0 Å². The summed E-state index contributed by atoms with van der Waals surface area (Å²) in [6.45, 7) is 2.32. The molecule has 0 spiro atoms. The first-order valence-corrected chi connectivity index (χ1v) is 9.38. The Morgan fingerprint density at radius 1 is 1.26 bits per heavy atom. The van der Waals surface area contributed by atoms with E-state index in [1.165, 1.54) is 18.9 Å². The van der Waals surface area contributed by atoms with Crippen molar-refractivity contribution in [2.45, 2.75) is 25.0 Å². The molecule has 3 rings (SSSR count). The summed E-state index contributed by atoms with van der Waals surface area (Å²) < 4.78 is 7.86. The van der Waals surface area contributed by atoms with Gasteiger partial charge in [0.25, 0.3) is 5.56 Å². The maximum atomic E-state index is 12.8. The molecule has 3 aromatic rings. The quantitative estimate of drug-likeness (QED) is 0.471. The number of hydrogen-bond acceptors (Lipinski definition) is 7. The second kappa shape index (κ2) is 8.21. The van der Waals surface area contributed by atoms with Gasteiger partial charge in [-0.15, -0.1) is 10.2 Å². The second-order valence-electron chi connectivity index (χ2n) is 5.73. The van der Waals surface area contributed by atoms with E-state index in [9.17, 15) is 14.4 Å². The first-order chi connectivity index (χ1) is 13.1. The summed E-state index contributed by atoms with van der Waals surface area (Å²) in [6.07, 6.45) is 0.777. The summed E-state index contributed by atoms with van der Waals surface area (Å²) in [6, 6.07) is 7.23. The van der Waals surface area contributed by atoms with Crippen molar-refractivity contribution in [1.29, 1.82) is 0 Å². The lowest BCUT2D eigenvalue weighted by Crippen LogP contribution is -2.31. The van der Waals surface area contributed by atoms with Crippen LogP contribution in [0.5, 0.6) is 0 Å². The van der Waals surface area contributed by atoms with Crippen LogP contribution in [0.2, 0.25) is 0 Å². The van der Waals surface area contributed by atoms with Crippen LogP contribution in [0.25, 0.3) is 16.7 Å². The van der Waals surface area contributed by atoms with Crippen molar-refractivity contribution in [3.63, 3.8) is 0 Å². The maximum absolute atomic E-state index is 12.8. The van der Waals surface area contributed by atoms with E-state index in [0.717, 1.165) is 6.42 Å². The van der Waals surface area contributed by atoms with Gasteiger partial charge in [-0.2, -0.15) is 0 Å². The van der Waals surface area contributed by atoms with Gasteiger partial charge in [0.05, 0.1) is 23.8 Å². The monoisotopic (exact) mass is 389 g/mol. The van der Waals surface area contributed by atoms with Gasteiger partial charge in [0.2, 0.25) is 11.7 Å². The number of amides is 1. The van der Waals surface area contributed by atoms with Gasteiger partial charge in [-0.1, -0.05) is 30.8 Å². The van der Waals surface area contributed by atoms with Gasteiger partial charge >= 0.3 is 5.97 Å². The molecule has 0 unspecified atom stereocenters. The average molecular weight is 389 g/mol. The predicted molar refractivity (Wildman–Crippen MR) is 101 cm³/mol. The molecule has 2 aromatic heterocycles. The lowest BCUT2D eigenvalue weighted by atomic mass is 10.2. The lowest BCUT2D eigenvalue weighted by molar-refractivity contribution is -0.140. The van der Waals surface area contributed by atoms with Crippen LogP contribution in [0, 0.1) is 0 Å². The van der Waals surface area contributed by atoms with Gasteiger partial charge in [0.15, 0.2) is 5.16 Å². The Morgan fingerprint density at radius 3 is 2.78 bits per heavy atom. The van der Waals surface area contributed by atoms with Crippen LogP contribution in [0.1, 0.15) is 13.3 Å². The summed E-state index contributed by atoms with van der Waals surface area (Å²) in [5.74, 6) is -0.346. The van der Waals surface area contributed by atoms with E-state index in [1.807, 2.05) is 25.1 Å². The number of para-hydroxylation sites is 1.